The fraction of sp³-hybridized carbons (Fsp3) is 0.300. The second-order valence-corrected chi connectivity index (χ2v) is 11.1. The van der Waals surface area contributed by atoms with Gasteiger partial charge in [0, 0.05) is 29.4 Å². The van der Waals surface area contributed by atoms with Crippen molar-refractivity contribution >= 4 is 35.4 Å². The predicted molar refractivity (Wildman–Crippen MR) is 143 cm³/mol. The number of Topliss-reactive ketones (excluding diaryl/α,β-unsaturated/α-hetero) is 2. The van der Waals surface area contributed by atoms with Gasteiger partial charge in [-0.3, -0.25) is 14.4 Å². The number of hydrogen-bond donors (Lipinski definition) is 6. The molecule has 1 amide bonds. The first-order valence-corrected chi connectivity index (χ1v) is 13.2. The van der Waals surface area contributed by atoms with Crippen LogP contribution < -0.4 is 5.73 Å². The van der Waals surface area contributed by atoms with Crippen LogP contribution in [0.25, 0.3) is 17.9 Å². The highest BCUT2D eigenvalue weighted by molar-refractivity contribution is 6.23. The molecule has 0 saturated heterocycles. The van der Waals surface area contributed by atoms with Gasteiger partial charge in [0.1, 0.15) is 22.8 Å². The van der Waals surface area contributed by atoms with Crippen molar-refractivity contribution in [3.8, 4) is 5.75 Å². The number of nitrogens with two attached hydrogens (primary N) is 1. The number of primary amides is 1. The SMILES string of the molecule is C[C@H]1c2ccc(/C=C/c3cc(C(F)(F)F)cc(C(F)(F)F)c3)c(O)c2C(O)=C2C(=O)[C@]3(O)C(O)=C(C(N)=O)C(=O)C[C@@H]3C(O)[C@@H]21. The van der Waals surface area contributed by atoms with E-state index in [9.17, 15) is 66.3 Å². The summed E-state index contributed by atoms with van der Waals surface area (Å²) in [6.07, 6.45) is -10.9. The molecule has 3 aliphatic carbocycles. The number of phenols is 1. The number of halogens is 6. The van der Waals surface area contributed by atoms with Gasteiger partial charge in [0.2, 0.25) is 5.78 Å². The number of alkyl halides is 6. The van der Waals surface area contributed by atoms with Crippen LogP contribution in [-0.4, -0.2) is 54.7 Å². The lowest BCUT2D eigenvalue weighted by molar-refractivity contribution is -0.160. The quantitative estimate of drug-likeness (QED) is 0.165. The van der Waals surface area contributed by atoms with E-state index in [4.69, 9.17) is 5.73 Å². The molecule has 0 radical (unpaired) electrons. The van der Waals surface area contributed by atoms with E-state index in [0.29, 0.717) is 12.1 Å². The Morgan fingerprint density at radius 2 is 1.56 bits per heavy atom. The second-order valence-electron chi connectivity index (χ2n) is 11.1. The Kier molecular flexibility index (Phi) is 7.21. The Morgan fingerprint density at radius 3 is 2.09 bits per heavy atom. The van der Waals surface area contributed by atoms with Crippen molar-refractivity contribution < 1.29 is 66.3 Å². The Balaban J connectivity index is 1.64. The zero-order chi connectivity index (χ0) is 33.5. The largest absolute Gasteiger partial charge is 0.508 e. The van der Waals surface area contributed by atoms with Crippen LogP contribution in [-0.2, 0) is 26.7 Å². The monoisotopic (exact) mass is 639 g/mol. The molecule has 3 aliphatic rings. The highest BCUT2D eigenvalue weighted by Gasteiger charge is 2.64. The predicted octanol–water partition coefficient (Wildman–Crippen LogP) is 4.16. The van der Waals surface area contributed by atoms with Crippen LogP contribution in [0.4, 0.5) is 26.3 Å². The number of carbonyl (C=O) groups is 3. The van der Waals surface area contributed by atoms with Crippen LogP contribution in [0.3, 0.4) is 0 Å². The normalized spacial score (nSPS) is 27.0. The van der Waals surface area contributed by atoms with Crippen molar-refractivity contribution in [1.29, 1.82) is 0 Å². The molecule has 5 rings (SSSR count). The summed E-state index contributed by atoms with van der Waals surface area (Å²) < 4.78 is 79.7. The number of fused-ring (bicyclic) bond motifs is 3. The topological polar surface area (TPSA) is 178 Å². The van der Waals surface area contributed by atoms with Crippen LogP contribution in [0.15, 0.2) is 47.2 Å². The molecule has 1 fully saturated rings. The zero-order valence-corrected chi connectivity index (χ0v) is 22.9. The molecule has 0 aliphatic heterocycles. The maximum atomic E-state index is 13.7. The Morgan fingerprint density at radius 1 is 0.978 bits per heavy atom. The number of rotatable bonds is 3. The number of ketones is 2. The van der Waals surface area contributed by atoms with E-state index >= 15 is 0 Å². The number of aliphatic hydroxyl groups excluding tert-OH is 3. The molecule has 9 nitrogen and oxygen atoms in total. The summed E-state index contributed by atoms with van der Waals surface area (Å²) in [5.74, 6) is -10.8. The van der Waals surface area contributed by atoms with Gasteiger partial charge in [-0.1, -0.05) is 31.2 Å². The minimum atomic E-state index is -5.10. The van der Waals surface area contributed by atoms with Gasteiger partial charge in [-0.05, 0) is 35.2 Å². The smallest absolute Gasteiger partial charge is 0.416 e. The van der Waals surface area contributed by atoms with E-state index < -0.39 is 116 Å². The number of benzene rings is 2. The van der Waals surface area contributed by atoms with E-state index in [1.807, 2.05) is 0 Å². The van der Waals surface area contributed by atoms with Crippen LogP contribution in [0.1, 0.15) is 52.6 Å². The lowest BCUT2D eigenvalue weighted by Crippen LogP contribution is -2.63. The molecule has 5 atom stereocenters. The second kappa shape index (κ2) is 10.2. The zero-order valence-electron chi connectivity index (χ0n) is 22.9. The van der Waals surface area contributed by atoms with Gasteiger partial charge in [0.15, 0.2) is 11.4 Å². The van der Waals surface area contributed by atoms with Gasteiger partial charge < -0.3 is 31.3 Å². The fourth-order valence-corrected chi connectivity index (χ4v) is 6.41. The summed E-state index contributed by atoms with van der Waals surface area (Å²) in [7, 11) is 0. The maximum absolute atomic E-state index is 13.7. The third kappa shape index (κ3) is 4.77. The van der Waals surface area contributed by atoms with Crippen LogP contribution in [0, 0.1) is 11.8 Å². The number of hydrogen-bond acceptors (Lipinski definition) is 8. The van der Waals surface area contributed by atoms with Gasteiger partial charge in [0.25, 0.3) is 5.91 Å². The first kappa shape index (κ1) is 31.8. The maximum Gasteiger partial charge on any atom is 0.416 e. The first-order chi connectivity index (χ1) is 20.7. The third-order valence-electron chi connectivity index (χ3n) is 8.60. The van der Waals surface area contributed by atoms with Crippen molar-refractivity contribution in [2.75, 3.05) is 0 Å². The molecule has 1 saturated carbocycles. The molecule has 0 spiro atoms. The van der Waals surface area contributed by atoms with Crippen molar-refractivity contribution in [3.63, 3.8) is 0 Å². The molecule has 1 unspecified atom stereocenters. The lowest BCUT2D eigenvalue weighted by atomic mass is 9.55. The highest BCUT2D eigenvalue weighted by Crippen LogP contribution is 2.56. The van der Waals surface area contributed by atoms with Crippen LogP contribution in [0.5, 0.6) is 5.75 Å². The Labute approximate surface area is 249 Å². The summed E-state index contributed by atoms with van der Waals surface area (Å²) in [6.45, 7) is 1.49. The molecule has 2 aromatic rings. The summed E-state index contributed by atoms with van der Waals surface area (Å²) in [5, 5.41) is 55.7. The van der Waals surface area contributed by atoms with E-state index in [2.05, 4.69) is 0 Å². The minimum absolute atomic E-state index is 0.0502. The van der Waals surface area contributed by atoms with Gasteiger partial charge >= 0.3 is 12.4 Å². The molecule has 0 aromatic heterocycles. The van der Waals surface area contributed by atoms with Gasteiger partial charge in [-0.15, -0.1) is 0 Å². The molecule has 0 bridgehead atoms. The summed E-state index contributed by atoms with van der Waals surface area (Å²) in [6, 6.07) is 3.45. The van der Waals surface area contributed by atoms with Crippen LogP contribution >= 0.6 is 0 Å². The van der Waals surface area contributed by atoms with Gasteiger partial charge in [-0.25, -0.2) is 0 Å². The van der Waals surface area contributed by atoms with E-state index in [-0.39, 0.29) is 17.2 Å². The summed E-state index contributed by atoms with van der Waals surface area (Å²) in [5.41, 5.74) is -3.74. The number of aromatic hydroxyl groups is 1. The number of carbonyl (C=O) groups excluding carboxylic acids is 3. The molecule has 15 heteroatoms. The lowest BCUT2D eigenvalue weighted by Gasteiger charge is -2.50. The number of aliphatic hydroxyl groups is 4. The average Bonchev–Trinajstić information content (AvgIpc) is 2.93. The highest BCUT2D eigenvalue weighted by atomic mass is 19.4. The molecule has 45 heavy (non-hydrogen) atoms. The molecular weight excluding hydrogens is 616 g/mol. The summed E-state index contributed by atoms with van der Waals surface area (Å²) >= 11 is 0. The standard InChI is InChI=1S/C30H23F6NO8/c1-10-15-5-4-12(3-2-11-6-13(29(31,32)33)8-14(7-11)30(34,35)36)22(39)19(15)24(41)21-18(10)23(40)16-9-17(38)20(27(37)44)25(42)28(16,45)26(21)43/h2-8,10,16,18,23,39-42,45H,9H2,1H3,(H2,37,44)/b3-2+/t10-,16+,18+,23?,28+/m0/s1. The van der Waals surface area contributed by atoms with Crippen molar-refractivity contribution in [2.24, 2.45) is 17.6 Å². The van der Waals surface area contributed by atoms with Crippen molar-refractivity contribution in [1.82, 2.24) is 0 Å². The molecular formula is C30H23F6NO8. The first-order valence-electron chi connectivity index (χ1n) is 13.2. The summed E-state index contributed by atoms with van der Waals surface area (Å²) in [4.78, 5) is 38.1. The van der Waals surface area contributed by atoms with E-state index in [1.165, 1.54) is 19.1 Å². The van der Waals surface area contributed by atoms with E-state index in [1.54, 1.807) is 0 Å². The van der Waals surface area contributed by atoms with Crippen LogP contribution in [0.2, 0.25) is 0 Å². The van der Waals surface area contributed by atoms with Crippen molar-refractivity contribution in [3.05, 3.63) is 80.6 Å². The fourth-order valence-electron chi connectivity index (χ4n) is 6.41. The van der Waals surface area contributed by atoms with E-state index in [0.717, 1.165) is 12.2 Å². The molecule has 2 aromatic carbocycles. The van der Waals surface area contributed by atoms with Gasteiger partial charge in [0.05, 0.1) is 22.8 Å². The molecule has 238 valence electrons. The van der Waals surface area contributed by atoms with Crippen molar-refractivity contribution in [2.45, 2.75) is 43.3 Å². The molecule has 7 N–H and O–H groups in total. The number of phenolic OH excluding ortho intramolecular Hbond substituents is 1. The number of amides is 1. The Hall–Kier alpha value is -4.63. The van der Waals surface area contributed by atoms with Gasteiger partial charge in [-0.2, -0.15) is 26.3 Å². The minimum Gasteiger partial charge on any atom is -0.508 e. The Bertz CT molecular complexity index is 1740. The third-order valence-corrected chi connectivity index (χ3v) is 8.60. The average molecular weight is 640 g/mol. The molecule has 0 heterocycles.